The zero-order valence-electron chi connectivity index (χ0n) is 11.5. The lowest BCUT2D eigenvalue weighted by Gasteiger charge is -2.24. The van der Waals surface area contributed by atoms with Crippen LogP contribution in [-0.2, 0) is 17.4 Å². The maximum Gasteiger partial charge on any atom is 0.250 e. The highest BCUT2D eigenvalue weighted by Crippen LogP contribution is 2.19. The van der Waals surface area contributed by atoms with Crippen LogP contribution >= 0.6 is 0 Å². The third kappa shape index (κ3) is 2.78. The molecule has 0 bridgehead atoms. The van der Waals surface area contributed by atoms with E-state index in [-0.39, 0.29) is 11.5 Å². The van der Waals surface area contributed by atoms with Gasteiger partial charge in [0.05, 0.1) is 5.69 Å². The number of rotatable bonds is 3. The molecular weight excluding hydrogens is 254 g/mol. The Morgan fingerprint density at radius 1 is 1.20 bits per heavy atom. The summed E-state index contributed by atoms with van der Waals surface area (Å²) in [6, 6.07) is 12.1. The van der Waals surface area contributed by atoms with Crippen molar-refractivity contribution >= 4 is 11.6 Å². The maximum absolute atomic E-state index is 12.3. The number of nitrogens with one attached hydrogen (secondary N) is 1. The Balaban J connectivity index is 2.23. The summed E-state index contributed by atoms with van der Waals surface area (Å²) in [6.45, 7) is 1.65. The van der Waals surface area contributed by atoms with Crippen molar-refractivity contribution < 1.29 is 4.79 Å². The van der Waals surface area contributed by atoms with Crippen molar-refractivity contribution in [2.45, 2.75) is 12.5 Å². The fourth-order valence-electron chi connectivity index (χ4n) is 1.84. The third-order valence-electron chi connectivity index (χ3n) is 3.19. The van der Waals surface area contributed by atoms with E-state index in [0.717, 1.165) is 5.56 Å². The van der Waals surface area contributed by atoms with Gasteiger partial charge in [-0.05, 0) is 18.6 Å². The van der Waals surface area contributed by atoms with Gasteiger partial charge in [-0.1, -0.05) is 30.3 Å². The molecule has 1 atom stereocenters. The zero-order chi connectivity index (χ0) is 14.8. The number of aromatic nitrogens is 1. The van der Waals surface area contributed by atoms with E-state index < -0.39 is 5.54 Å². The summed E-state index contributed by atoms with van der Waals surface area (Å²) in [4.78, 5) is 23.6. The van der Waals surface area contributed by atoms with Gasteiger partial charge in [-0.3, -0.25) is 9.59 Å². The average molecular weight is 271 g/mol. The molecule has 5 nitrogen and oxygen atoms in total. The Morgan fingerprint density at radius 2 is 1.85 bits per heavy atom. The minimum absolute atomic E-state index is 0.137. The van der Waals surface area contributed by atoms with Gasteiger partial charge < -0.3 is 15.6 Å². The molecule has 0 saturated carbocycles. The molecule has 0 aliphatic rings. The SMILES string of the molecule is Cn1cc(NC(=O)C(C)(N)c2ccccc2)ccc1=O. The normalized spacial score (nSPS) is 13.6. The van der Waals surface area contributed by atoms with E-state index in [4.69, 9.17) is 5.73 Å². The lowest BCUT2D eigenvalue weighted by atomic mass is 9.92. The Bertz CT molecular complexity index is 675. The molecule has 104 valence electrons. The van der Waals surface area contributed by atoms with Crippen LogP contribution in [0.2, 0.25) is 0 Å². The van der Waals surface area contributed by atoms with Crippen LogP contribution in [0.4, 0.5) is 5.69 Å². The molecular formula is C15H17N3O2. The highest BCUT2D eigenvalue weighted by molar-refractivity contribution is 5.98. The van der Waals surface area contributed by atoms with E-state index in [0.29, 0.717) is 5.69 Å². The Labute approximate surface area is 117 Å². The molecule has 5 heteroatoms. The monoisotopic (exact) mass is 271 g/mol. The largest absolute Gasteiger partial charge is 0.323 e. The van der Waals surface area contributed by atoms with E-state index >= 15 is 0 Å². The van der Waals surface area contributed by atoms with Crippen molar-refractivity contribution in [2.75, 3.05) is 5.32 Å². The van der Waals surface area contributed by atoms with E-state index in [1.165, 1.54) is 10.6 Å². The molecule has 2 rings (SSSR count). The first-order valence-corrected chi connectivity index (χ1v) is 6.24. The number of amides is 1. The van der Waals surface area contributed by atoms with Crippen LogP contribution in [0.25, 0.3) is 0 Å². The second kappa shape index (κ2) is 5.30. The first kappa shape index (κ1) is 14.0. The number of carbonyl (C=O) groups is 1. The highest BCUT2D eigenvalue weighted by atomic mass is 16.2. The number of hydrogen-bond acceptors (Lipinski definition) is 3. The number of benzene rings is 1. The molecule has 0 aliphatic heterocycles. The molecule has 2 aromatic rings. The molecule has 0 aliphatic carbocycles. The minimum Gasteiger partial charge on any atom is -0.323 e. The van der Waals surface area contributed by atoms with Crippen LogP contribution in [0.3, 0.4) is 0 Å². The lowest BCUT2D eigenvalue weighted by molar-refractivity contribution is -0.120. The number of aryl methyl sites for hydroxylation is 1. The Morgan fingerprint density at radius 3 is 2.45 bits per heavy atom. The van der Waals surface area contributed by atoms with E-state index in [9.17, 15) is 9.59 Å². The van der Waals surface area contributed by atoms with Crippen LogP contribution < -0.4 is 16.6 Å². The predicted molar refractivity (Wildman–Crippen MR) is 78.3 cm³/mol. The van der Waals surface area contributed by atoms with E-state index in [2.05, 4.69) is 5.32 Å². The molecule has 0 spiro atoms. The van der Waals surface area contributed by atoms with Crippen molar-refractivity contribution in [3.05, 3.63) is 64.6 Å². The molecule has 0 radical (unpaired) electrons. The summed E-state index contributed by atoms with van der Waals surface area (Å²) in [6.07, 6.45) is 1.56. The second-order valence-electron chi connectivity index (χ2n) is 4.89. The molecule has 1 aromatic carbocycles. The smallest absolute Gasteiger partial charge is 0.250 e. The van der Waals surface area contributed by atoms with Crippen LogP contribution in [0, 0.1) is 0 Å². The fourth-order valence-corrected chi connectivity index (χ4v) is 1.84. The standard InChI is InChI=1S/C15H17N3O2/c1-15(16,11-6-4-3-5-7-11)14(20)17-12-8-9-13(19)18(2)10-12/h3-10H,16H2,1-2H3,(H,17,20). The van der Waals surface area contributed by atoms with Crippen LogP contribution in [0.1, 0.15) is 12.5 Å². The number of hydrogen-bond donors (Lipinski definition) is 2. The third-order valence-corrected chi connectivity index (χ3v) is 3.19. The topological polar surface area (TPSA) is 77.1 Å². The number of carbonyl (C=O) groups excluding carboxylic acids is 1. The summed E-state index contributed by atoms with van der Waals surface area (Å²) in [5.74, 6) is -0.331. The van der Waals surface area contributed by atoms with Crippen molar-refractivity contribution in [1.29, 1.82) is 0 Å². The number of nitrogens with two attached hydrogens (primary N) is 1. The van der Waals surface area contributed by atoms with Gasteiger partial charge >= 0.3 is 0 Å². The summed E-state index contributed by atoms with van der Waals surface area (Å²) >= 11 is 0. The first-order chi connectivity index (χ1) is 9.41. The molecule has 0 fully saturated rings. The minimum atomic E-state index is -1.14. The van der Waals surface area contributed by atoms with E-state index in [1.54, 1.807) is 38.4 Å². The van der Waals surface area contributed by atoms with E-state index in [1.807, 2.05) is 18.2 Å². The molecule has 1 unspecified atom stereocenters. The van der Waals surface area contributed by atoms with Crippen molar-refractivity contribution in [1.82, 2.24) is 4.57 Å². The van der Waals surface area contributed by atoms with Crippen molar-refractivity contribution in [3.8, 4) is 0 Å². The summed E-state index contributed by atoms with van der Waals surface area (Å²) in [7, 11) is 1.62. The lowest BCUT2D eigenvalue weighted by Crippen LogP contribution is -2.45. The second-order valence-corrected chi connectivity index (χ2v) is 4.89. The molecule has 1 heterocycles. The van der Waals surface area contributed by atoms with Gasteiger partial charge in [0, 0.05) is 19.3 Å². The molecule has 1 amide bonds. The van der Waals surface area contributed by atoms with Gasteiger partial charge in [-0.2, -0.15) is 0 Å². The van der Waals surface area contributed by atoms with Gasteiger partial charge in [0.2, 0.25) is 11.5 Å². The zero-order valence-corrected chi connectivity index (χ0v) is 11.5. The number of pyridine rings is 1. The molecule has 0 saturated heterocycles. The van der Waals surface area contributed by atoms with Crippen LogP contribution in [0.15, 0.2) is 53.5 Å². The number of nitrogens with zero attached hydrogens (tertiary/aromatic N) is 1. The first-order valence-electron chi connectivity index (χ1n) is 6.24. The molecule has 20 heavy (non-hydrogen) atoms. The van der Waals surface area contributed by atoms with Gasteiger partial charge in [0.15, 0.2) is 0 Å². The van der Waals surface area contributed by atoms with Crippen molar-refractivity contribution in [2.24, 2.45) is 12.8 Å². The van der Waals surface area contributed by atoms with Crippen molar-refractivity contribution in [3.63, 3.8) is 0 Å². The number of anilines is 1. The summed E-state index contributed by atoms with van der Waals surface area (Å²) in [5.41, 5.74) is 6.09. The van der Waals surface area contributed by atoms with Gasteiger partial charge in [0.1, 0.15) is 5.54 Å². The van der Waals surface area contributed by atoms with Gasteiger partial charge in [0.25, 0.3) is 0 Å². The quantitative estimate of drug-likeness (QED) is 0.880. The molecule has 3 N–H and O–H groups in total. The van der Waals surface area contributed by atoms with Crippen LogP contribution in [0.5, 0.6) is 0 Å². The Hall–Kier alpha value is -2.40. The van der Waals surface area contributed by atoms with Gasteiger partial charge in [-0.25, -0.2) is 0 Å². The predicted octanol–water partition coefficient (Wildman–Crippen LogP) is 1.20. The average Bonchev–Trinajstić information content (AvgIpc) is 2.44. The maximum atomic E-state index is 12.3. The summed E-state index contributed by atoms with van der Waals surface area (Å²) < 4.78 is 1.39. The fraction of sp³-hybridized carbons (Fsp3) is 0.200. The highest BCUT2D eigenvalue weighted by Gasteiger charge is 2.30. The summed E-state index contributed by atoms with van der Waals surface area (Å²) in [5, 5.41) is 2.73. The molecule has 1 aromatic heterocycles. The van der Waals surface area contributed by atoms with Gasteiger partial charge in [-0.15, -0.1) is 0 Å². The van der Waals surface area contributed by atoms with Crippen LogP contribution in [-0.4, -0.2) is 10.5 Å². The Kier molecular flexibility index (Phi) is 3.72.